The van der Waals surface area contributed by atoms with Crippen molar-refractivity contribution in [2.75, 3.05) is 10.2 Å². The molecule has 3 aromatic rings. The van der Waals surface area contributed by atoms with E-state index in [1.807, 2.05) is 54.6 Å². The van der Waals surface area contributed by atoms with E-state index in [0.29, 0.717) is 15.7 Å². The highest BCUT2D eigenvalue weighted by atomic mass is 79.9. The predicted molar refractivity (Wildman–Crippen MR) is 119 cm³/mol. The number of nitrogens with zero attached hydrogens (tertiary/aromatic N) is 1. The summed E-state index contributed by atoms with van der Waals surface area (Å²) >= 11 is 15.4. The first kappa shape index (κ1) is 19.1. The van der Waals surface area contributed by atoms with E-state index in [2.05, 4.69) is 21.2 Å². The average molecular weight is 474 g/mol. The lowest BCUT2D eigenvalue weighted by atomic mass is 10.1. The Kier molecular flexibility index (Phi) is 5.44. The van der Waals surface area contributed by atoms with Gasteiger partial charge in [-0.15, -0.1) is 0 Å². The normalized spacial score (nSPS) is 16.2. The van der Waals surface area contributed by atoms with Gasteiger partial charge in [-0.25, -0.2) is 0 Å². The van der Waals surface area contributed by atoms with Gasteiger partial charge in [-0.2, -0.15) is 0 Å². The fraction of sp³-hybridized carbons (Fsp3) is 0.0455. The summed E-state index contributed by atoms with van der Waals surface area (Å²) < 4.78 is 0.988. The molecule has 28 heavy (non-hydrogen) atoms. The van der Waals surface area contributed by atoms with E-state index < -0.39 is 0 Å². The van der Waals surface area contributed by atoms with Crippen LogP contribution in [0.4, 0.5) is 11.4 Å². The number of hydrogen-bond acceptors (Lipinski definition) is 2. The topological polar surface area (TPSA) is 32.3 Å². The van der Waals surface area contributed by atoms with Crippen LogP contribution in [0, 0.1) is 0 Å². The van der Waals surface area contributed by atoms with Crippen molar-refractivity contribution < 1.29 is 4.79 Å². The molecule has 4 rings (SSSR count). The quantitative estimate of drug-likeness (QED) is 0.449. The molecule has 0 radical (unpaired) electrons. The summed E-state index contributed by atoms with van der Waals surface area (Å²) in [7, 11) is 0. The molecule has 3 aromatic carbocycles. The zero-order valence-corrected chi connectivity index (χ0v) is 17.7. The van der Waals surface area contributed by atoms with Gasteiger partial charge in [-0.1, -0.05) is 51.3 Å². The van der Waals surface area contributed by atoms with Gasteiger partial charge in [0.05, 0.1) is 6.04 Å². The lowest BCUT2D eigenvalue weighted by Crippen LogP contribution is -2.30. The maximum absolute atomic E-state index is 13.2. The van der Waals surface area contributed by atoms with Crippen LogP contribution < -0.4 is 10.2 Å². The highest BCUT2D eigenvalue weighted by Gasteiger charge is 2.34. The lowest BCUT2D eigenvalue weighted by Gasteiger charge is -2.25. The van der Waals surface area contributed by atoms with Crippen molar-refractivity contribution in [2.45, 2.75) is 6.04 Å². The lowest BCUT2D eigenvalue weighted by molar-refractivity contribution is -0.114. The van der Waals surface area contributed by atoms with E-state index in [-0.39, 0.29) is 11.9 Å². The number of nitrogens with one attached hydrogen (secondary N) is 1. The fourth-order valence-electron chi connectivity index (χ4n) is 3.13. The molecule has 6 heteroatoms. The summed E-state index contributed by atoms with van der Waals surface area (Å²) in [6.07, 6.45) is 1.94. The molecule has 1 heterocycles. The molecule has 0 aromatic heterocycles. The van der Waals surface area contributed by atoms with E-state index in [0.717, 1.165) is 21.4 Å². The molecular formula is C22H15BrCl2N2O. The van der Waals surface area contributed by atoms with Crippen LogP contribution in [0.3, 0.4) is 0 Å². The van der Waals surface area contributed by atoms with Gasteiger partial charge in [0.1, 0.15) is 5.70 Å². The van der Waals surface area contributed by atoms with Gasteiger partial charge >= 0.3 is 0 Å². The van der Waals surface area contributed by atoms with Crippen molar-refractivity contribution >= 4 is 56.4 Å². The molecule has 1 aliphatic heterocycles. The van der Waals surface area contributed by atoms with Crippen molar-refractivity contribution in [1.29, 1.82) is 0 Å². The molecular weight excluding hydrogens is 459 g/mol. The summed E-state index contributed by atoms with van der Waals surface area (Å²) in [4.78, 5) is 15.0. The molecule has 3 nitrogen and oxygen atoms in total. The number of rotatable bonds is 4. The summed E-state index contributed by atoms with van der Waals surface area (Å²) in [6.45, 7) is 0. The van der Waals surface area contributed by atoms with E-state index >= 15 is 0 Å². The largest absolute Gasteiger partial charge is 0.351 e. The molecule has 1 aliphatic rings. The molecule has 0 saturated carbocycles. The molecule has 0 bridgehead atoms. The van der Waals surface area contributed by atoms with Gasteiger partial charge < -0.3 is 5.32 Å². The summed E-state index contributed by atoms with van der Waals surface area (Å²) in [5.41, 5.74) is 3.12. The molecule has 1 atom stereocenters. The number of hydrogen-bond donors (Lipinski definition) is 1. The number of halogens is 3. The third kappa shape index (κ3) is 3.95. The van der Waals surface area contributed by atoms with Crippen molar-refractivity contribution in [2.24, 2.45) is 0 Å². The second-order valence-electron chi connectivity index (χ2n) is 6.36. The second kappa shape index (κ2) is 8.00. The van der Waals surface area contributed by atoms with Crippen molar-refractivity contribution in [1.82, 2.24) is 0 Å². The van der Waals surface area contributed by atoms with Gasteiger partial charge in [-0.3, -0.25) is 9.69 Å². The summed E-state index contributed by atoms with van der Waals surface area (Å²) in [5.74, 6) is -0.106. The standard InChI is InChI=1S/C22H15BrCl2N2O/c23-15-3-1-14(2-4-15)21-13-20(26-18-9-5-16(24)6-10-18)22(28)27(21)19-11-7-17(25)8-12-19/h1-13,21,26H. The maximum Gasteiger partial charge on any atom is 0.275 e. The first-order valence-corrected chi connectivity index (χ1v) is 10.2. The van der Waals surface area contributed by atoms with Gasteiger partial charge in [0, 0.05) is 25.9 Å². The minimum absolute atomic E-state index is 0.106. The Bertz CT molecular complexity index is 1030. The highest BCUT2D eigenvalue weighted by Crippen LogP contribution is 2.37. The van der Waals surface area contributed by atoms with Crippen molar-refractivity contribution in [3.05, 3.63) is 105 Å². The Balaban J connectivity index is 1.72. The third-order valence-corrected chi connectivity index (χ3v) is 5.52. The molecule has 140 valence electrons. The smallest absolute Gasteiger partial charge is 0.275 e. The Morgan fingerprint density at radius 1 is 0.821 bits per heavy atom. The maximum atomic E-state index is 13.2. The van der Waals surface area contributed by atoms with Crippen LogP contribution in [0.5, 0.6) is 0 Å². The first-order valence-electron chi connectivity index (χ1n) is 8.60. The second-order valence-corrected chi connectivity index (χ2v) is 8.15. The molecule has 1 N–H and O–H groups in total. The fourth-order valence-corrected chi connectivity index (χ4v) is 3.64. The third-order valence-electron chi connectivity index (χ3n) is 4.49. The molecule has 0 spiro atoms. The van der Waals surface area contributed by atoms with Crippen LogP contribution in [0.1, 0.15) is 11.6 Å². The van der Waals surface area contributed by atoms with Crippen LogP contribution in [-0.4, -0.2) is 5.91 Å². The van der Waals surface area contributed by atoms with Gasteiger partial charge in [0.15, 0.2) is 0 Å². The number of amides is 1. The highest BCUT2D eigenvalue weighted by molar-refractivity contribution is 9.10. The van der Waals surface area contributed by atoms with E-state index in [4.69, 9.17) is 23.2 Å². The van der Waals surface area contributed by atoms with E-state index in [1.54, 1.807) is 29.2 Å². The van der Waals surface area contributed by atoms with Crippen LogP contribution in [0.25, 0.3) is 0 Å². The van der Waals surface area contributed by atoms with E-state index in [1.165, 1.54) is 0 Å². The zero-order valence-electron chi connectivity index (χ0n) is 14.6. The number of anilines is 2. The molecule has 0 fully saturated rings. The Morgan fingerprint density at radius 3 is 2.00 bits per heavy atom. The van der Waals surface area contributed by atoms with Gasteiger partial charge in [-0.05, 0) is 72.3 Å². The minimum Gasteiger partial charge on any atom is -0.351 e. The first-order chi connectivity index (χ1) is 13.5. The average Bonchev–Trinajstić information content (AvgIpc) is 3.01. The van der Waals surface area contributed by atoms with Crippen molar-refractivity contribution in [3.63, 3.8) is 0 Å². The predicted octanol–water partition coefficient (Wildman–Crippen LogP) is 6.84. The summed E-state index contributed by atoms with van der Waals surface area (Å²) in [6, 6.07) is 22.3. The monoisotopic (exact) mass is 472 g/mol. The molecule has 0 aliphatic carbocycles. The Morgan fingerprint density at radius 2 is 1.39 bits per heavy atom. The SMILES string of the molecule is O=C1C(Nc2ccc(Cl)cc2)=CC(c2ccc(Br)cc2)N1c1ccc(Cl)cc1. The van der Waals surface area contributed by atoms with Crippen LogP contribution in [0.15, 0.2) is 89.0 Å². The van der Waals surface area contributed by atoms with Gasteiger partial charge in [0.25, 0.3) is 5.91 Å². The van der Waals surface area contributed by atoms with E-state index in [9.17, 15) is 4.79 Å². The van der Waals surface area contributed by atoms with Crippen LogP contribution in [-0.2, 0) is 4.79 Å². The number of carbonyl (C=O) groups is 1. The number of carbonyl (C=O) groups excluding carboxylic acids is 1. The van der Waals surface area contributed by atoms with Crippen molar-refractivity contribution in [3.8, 4) is 0 Å². The molecule has 1 amide bonds. The Labute approximate surface area is 181 Å². The van der Waals surface area contributed by atoms with Gasteiger partial charge in [0.2, 0.25) is 0 Å². The Hall–Kier alpha value is -2.27. The molecule has 1 unspecified atom stereocenters. The number of benzene rings is 3. The molecule has 0 saturated heterocycles. The minimum atomic E-state index is -0.225. The van der Waals surface area contributed by atoms with Crippen LogP contribution in [0.2, 0.25) is 10.0 Å². The summed E-state index contributed by atoms with van der Waals surface area (Å²) in [5, 5.41) is 4.49. The van der Waals surface area contributed by atoms with Crippen LogP contribution >= 0.6 is 39.1 Å². The zero-order chi connectivity index (χ0) is 19.7.